The highest BCUT2D eigenvalue weighted by Crippen LogP contribution is 2.47. The van der Waals surface area contributed by atoms with Gasteiger partial charge in [-0.3, -0.25) is 4.90 Å². The van der Waals surface area contributed by atoms with Crippen molar-refractivity contribution < 1.29 is 24.2 Å². The van der Waals surface area contributed by atoms with Crippen molar-refractivity contribution in [2.75, 3.05) is 19.7 Å². The number of pyridine rings is 1. The van der Waals surface area contributed by atoms with Crippen LogP contribution in [0.1, 0.15) is 59.6 Å². The second kappa shape index (κ2) is 8.89. The van der Waals surface area contributed by atoms with Crippen molar-refractivity contribution in [2.45, 2.75) is 38.1 Å². The van der Waals surface area contributed by atoms with Crippen LogP contribution in [-0.4, -0.2) is 45.8 Å². The molecule has 6 rings (SSSR count). The van der Waals surface area contributed by atoms with Gasteiger partial charge in [-0.15, -0.1) is 0 Å². The number of aromatic hydroxyl groups is 1. The Balaban J connectivity index is 1.59. The maximum Gasteiger partial charge on any atom is 0.339 e. The van der Waals surface area contributed by atoms with E-state index in [1.807, 2.05) is 36.4 Å². The summed E-state index contributed by atoms with van der Waals surface area (Å²) >= 11 is 0. The molecule has 0 radical (unpaired) electrons. The van der Waals surface area contributed by atoms with Crippen LogP contribution in [0.4, 0.5) is 0 Å². The summed E-state index contributed by atoms with van der Waals surface area (Å²) in [6.07, 6.45) is 8.64. The lowest BCUT2D eigenvalue weighted by Gasteiger charge is -2.36. The van der Waals surface area contributed by atoms with E-state index >= 15 is 0 Å². The highest BCUT2D eigenvalue weighted by molar-refractivity contribution is 6.15. The summed E-state index contributed by atoms with van der Waals surface area (Å²) in [5, 5.41) is 23.5. The number of carboxylic acids is 1. The number of phenolic OH excluding ortho intramolecular Hbond substituents is 1. The first-order valence-corrected chi connectivity index (χ1v) is 12.3. The third-order valence-corrected chi connectivity index (χ3v) is 7.24. The Kier molecular flexibility index (Phi) is 5.57. The first-order chi connectivity index (χ1) is 17.1. The third-order valence-electron chi connectivity index (χ3n) is 7.24. The predicted molar refractivity (Wildman–Crippen MR) is 132 cm³/mol. The zero-order valence-electron chi connectivity index (χ0n) is 19.4. The highest BCUT2D eigenvalue weighted by atomic mass is 16.5. The van der Waals surface area contributed by atoms with E-state index in [9.17, 15) is 15.0 Å². The van der Waals surface area contributed by atoms with Crippen molar-refractivity contribution in [3.05, 3.63) is 65.5 Å². The molecule has 4 aromatic rings. The summed E-state index contributed by atoms with van der Waals surface area (Å²) in [6, 6.07) is 10.9. The molecule has 7 nitrogen and oxygen atoms in total. The largest absolute Gasteiger partial charge is 0.507 e. The number of ether oxygens (including phenoxy) is 1. The van der Waals surface area contributed by atoms with Crippen molar-refractivity contribution in [1.29, 1.82) is 0 Å². The van der Waals surface area contributed by atoms with Gasteiger partial charge in [0, 0.05) is 34.0 Å². The molecule has 0 bridgehead atoms. The second-order valence-corrected chi connectivity index (χ2v) is 9.65. The predicted octanol–water partition coefficient (Wildman–Crippen LogP) is 5.75. The molecule has 1 unspecified atom stereocenters. The molecule has 1 aliphatic heterocycles. The number of carbonyl (C=O) groups is 1. The first-order valence-electron chi connectivity index (χ1n) is 12.3. The SMILES string of the molecule is O=C(O)c1coc2c1c(C(c1ccnc(OCC3CC3)c1)N1CCCCC1)c(O)c1ccccc12. The molecule has 0 amide bonds. The molecule has 3 heterocycles. The summed E-state index contributed by atoms with van der Waals surface area (Å²) in [5.74, 6) is 0.162. The van der Waals surface area contributed by atoms with Gasteiger partial charge < -0.3 is 19.4 Å². The number of furan rings is 1. The van der Waals surface area contributed by atoms with E-state index < -0.39 is 5.97 Å². The van der Waals surface area contributed by atoms with Crippen LogP contribution >= 0.6 is 0 Å². The number of carboxylic acid groups (broad SMARTS) is 1. The van der Waals surface area contributed by atoms with Gasteiger partial charge in [0.15, 0.2) is 0 Å². The van der Waals surface area contributed by atoms with E-state index in [0.717, 1.165) is 37.9 Å². The number of hydrogen-bond donors (Lipinski definition) is 2. The van der Waals surface area contributed by atoms with Crippen molar-refractivity contribution in [3.63, 3.8) is 0 Å². The normalized spacial score (nSPS) is 17.6. The number of fused-ring (bicyclic) bond motifs is 3. The summed E-state index contributed by atoms with van der Waals surface area (Å²) in [7, 11) is 0. The van der Waals surface area contributed by atoms with Crippen LogP contribution in [0, 0.1) is 5.92 Å². The maximum atomic E-state index is 12.2. The lowest BCUT2D eigenvalue weighted by Crippen LogP contribution is -2.34. The van der Waals surface area contributed by atoms with E-state index in [1.54, 1.807) is 6.20 Å². The minimum absolute atomic E-state index is 0.0531. The number of aromatic carboxylic acids is 1. The van der Waals surface area contributed by atoms with Crippen molar-refractivity contribution >= 4 is 27.7 Å². The zero-order valence-corrected chi connectivity index (χ0v) is 19.4. The quantitative estimate of drug-likeness (QED) is 0.354. The van der Waals surface area contributed by atoms with Crippen LogP contribution in [0.2, 0.25) is 0 Å². The lowest BCUT2D eigenvalue weighted by molar-refractivity contribution is 0.0698. The Morgan fingerprint density at radius 3 is 2.66 bits per heavy atom. The first kappa shape index (κ1) is 21.9. The van der Waals surface area contributed by atoms with E-state index in [1.165, 1.54) is 19.1 Å². The summed E-state index contributed by atoms with van der Waals surface area (Å²) in [6.45, 7) is 2.35. The van der Waals surface area contributed by atoms with Gasteiger partial charge in [0.25, 0.3) is 0 Å². The maximum absolute atomic E-state index is 12.2. The number of phenols is 1. The average molecular weight is 473 g/mol. The summed E-state index contributed by atoms with van der Waals surface area (Å²) in [4.78, 5) is 19.0. The molecular weight excluding hydrogens is 444 g/mol. The Morgan fingerprint density at radius 2 is 1.91 bits per heavy atom. The third kappa shape index (κ3) is 4.00. The van der Waals surface area contributed by atoms with Crippen molar-refractivity contribution in [1.82, 2.24) is 9.88 Å². The van der Waals surface area contributed by atoms with Gasteiger partial charge in [0.1, 0.15) is 23.2 Å². The average Bonchev–Trinajstić information content (AvgIpc) is 3.61. The Hall–Kier alpha value is -3.58. The van der Waals surface area contributed by atoms with Crippen LogP contribution < -0.4 is 4.74 Å². The standard InChI is InChI=1S/C28H28N2O5/c31-26-19-6-2-3-7-20(19)27-23(21(16-35-27)28(32)33)24(26)25(30-12-4-1-5-13-30)18-10-11-29-22(14-18)34-15-17-8-9-17/h2-3,6-7,10-11,14,16-17,25,31H,1,4-5,8-9,12-13,15H2,(H,32,33). The summed E-state index contributed by atoms with van der Waals surface area (Å²) in [5.41, 5.74) is 2.01. The Bertz CT molecular complexity index is 1400. The monoisotopic (exact) mass is 472 g/mol. The molecule has 1 atom stereocenters. The van der Waals surface area contributed by atoms with Gasteiger partial charge in [-0.25, -0.2) is 9.78 Å². The number of nitrogens with zero attached hydrogens (tertiary/aromatic N) is 2. The van der Waals surface area contributed by atoms with E-state index in [0.29, 0.717) is 45.7 Å². The number of piperidine rings is 1. The van der Waals surface area contributed by atoms with Gasteiger partial charge in [0.2, 0.25) is 5.88 Å². The van der Waals surface area contributed by atoms with Gasteiger partial charge in [-0.1, -0.05) is 30.7 Å². The van der Waals surface area contributed by atoms with E-state index in [2.05, 4.69) is 9.88 Å². The van der Waals surface area contributed by atoms with E-state index in [4.69, 9.17) is 9.15 Å². The number of benzene rings is 2. The molecule has 180 valence electrons. The fourth-order valence-corrected chi connectivity index (χ4v) is 5.30. The molecule has 2 aromatic carbocycles. The number of aromatic nitrogens is 1. The van der Waals surface area contributed by atoms with Crippen molar-refractivity contribution in [3.8, 4) is 11.6 Å². The van der Waals surface area contributed by atoms with Crippen molar-refractivity contribution in [2.24, 2.45) is 5.92 Å². The molecule has 2 aromatic heterocycles. The zero-order chi connectivity index (χ0) is 23.9. The van der Waals surface area contributed by atoms with Crippen LogP contribution in [0.25, 0.3) is 21.7 Å². The minimum atomic E-state index is -1.08. The fourth-order valence-electron chi connectivity index (χ4n) is 5.30. The molecule has 2 N–H and O–H groups in total. The molecule has 2 fully saturated rings. The molecule has 1 saturated carbocycles. The summed E-state index contributed by atoms with van der Waals surface area (Å²) < 4.78 is 11.8. The smallest absolute Gasteiger partial charge is 0.339 e. The van der Waals surface area contributed by atoms with Gasteiger partial charge in [0.05, 0.1) is 12.6 Å². The topological polar surface area (TPSA) is 96.0 Å². The Morgan fingerprint density at radius 1 is 1.14 bits per heavy atom. The lowest BCUT2D eigenvalue weighted by atomic mass is 9.88. The number of hydrogen-bond acceptors (Lipinski definition) is 6. The van der Waals surface area contributed by atoms with Gasteiger partial charge in [-0.05, 0) is 56.3 Å². The molecule has 7 heteroatoms. The molecule has 0 spiro atoms. The second-order valence-electron chi connectivity index (χ2n) is 9.65. The molecule has 2 aliphatic rings. The van der Waals surface area contributed by atoms with Crippen LogP contribution in [0.5, 0.6) is 11.6 Å². The molecule has 1 aliphatic carbocycles. The van der Waals surface area contributed by atoms with Gasteiger partial charge in [-0.2, -0.15) is 0 Å². The van der Waals surface area contributed by atoms with E-state index in [-0.39, 0.29) is 17.4 Å². The van der Waals surface area contributed by atoms with Crippen LogP contribution in [0.3, 0.4) is 0 Å². The number of rotatable bonds is 7. The fraction of sp³-hybridized carbons (Fsp3) is 0.357. The van der Waals surface area contributed by atoms with Crippen LogP contribution in [0.15, 0.2) is 53.3 Å². The molecule has 1 saturated heterocycles. The Labute approximate surface area is 202 Å². The molecular formula is C28H28N2O5. The number of likely N-dealkylation sites (tertiary alicyclic amines) is 1. The van der Waals surface area contributed by atoms with Crippen LogP contribution in [-0.2, 0) is 0 Å². The van der Waals surface area contributed by atoms with Gasteiger partial charge >= 0.3 is 5.97 Å². The molecule has 35 heavy (non-hydrogen) atoms. The highest BCUT2D eigenvalue weighted by Gasteiger charge is 2.33. The minimum Gasteiger partial charge on any atom is -0.507 e.